The van der Waals surface area contributed by atoms with Gasteiger partial charge in [-0.1, -0.05) is 0 Å². The van der Waals surface area contributed by atoms with Crippen molar-refractivity contribution in [2.45, 2.75) is 0 Å². The molecule has 0 atom stereocenters. The summed E-state index contributed by atoms with van der Waals surface area (Å²) in [4.78, 5) is 14.5. The molecule has 13 heavy (non-hydrogen) atoms. The number of ether oxygens (including phenoxy) is 1. The van der Waals surface area contributed by atoms with Gasteiger partial charge in [-0.15, -0.1) is 0 Å². The fourth-order valence-corrected chi connectivity index (χ4v) is 0.601. The fraction of sp³-hybridized carbons (Fsp3) is 0.143. The lowest BCUT2D eigenvalue weighted by Gasteiger charge is -1.94. The summed E-state index contributed by atoms with van der Waals surface area (Å²) in [5, 5.41) is 14.0. The van der Waals surface area contributed by atoms with E-state index in [-0.39, 0.29) is 13.7 Å². The molecule has 0 bridgehead atoms. The van der Waals surface area contributed by atoms with E-state index in [0.29, 0.717) is 5.56 Å². The van der Waals surface area contributed by atoms with Crippen molar-refractivity contribution in [2.24, 2.45) is 0 Å². The van der Waals surface area contributed by atoms with Crippen LogP contribution < -0.4 is 0 Å². The Kier molecular flexibility index (Phi) is 6.49. The molecule has 0 saturated heterocycles. The van der Waals surface area contributed by atoms with Gasteiger partial charge in [-0.05, 0) is 12.1 Å². The number of nitrogens with zero attached hydrogens (tertiary/aromatic N) is 1. The summed E-state index contributed by atoms with van der Waals surface area (Å²) in [6, 6.07) is 3.34. The van der Waals surface area contributed by atoms with Gasteiger partial charge in [0.1, 0.15) is 0 Å². The molecule has 5 nitrogen and oxygen atoms in total. The SMILES string of the molecule is COC(=O)c1cccnc1.O[B]O. The highest BCUT2D eigenvalue weighted by atomic mass is 16.5. The lowest BCUT2D eigenvalue weighted by molar-refractivity contribution is 0.0600. The summed E-state index contributed by atoms with van der Waals surface area (Å²) in [6.07, 6.45) is 3.07. The first-order valence-corrected chi connectivity index (χ1v) is 3.34. The van der Waals surface area contributed by atoms with Crippen LogP contribution in [0.3, 0.4) is 0 Å². The van der Waals surface area contributed by atoms with Crippen molar-refractivity contribution >= 4 is 13.7 Å². The Bertz CT molecular complexity index is 242. The number of aromatic nitrogens is 1. The van der Waals surface area contributed by atoms with Crippen molar-refractivity contribution in [1.82, 2.24) is 4.98 Å². The Morgan fingerprint density at radius 2 is 2.23 bits per heavy atom. The van der Waals surface area contributed by atoms with Crippen LogP contribution in [0.1, 0.15) is 10.4 Å². The number of hydrogen-bond donors (Lipinski definition) is 2. The van der Waals surface area contributed by atoms with Crippen LogP contribution >= 0.6 is 0 Å². The number of rotatable bonds is 1. The van der Waals surface area contributed by atoms with Gasteiger partial charge in [-0.2, -0.15) is 0 Å². The molecule has 1 rings (SSSR count). The summed E-state index contributed by atoms with van der Waals surface area (Å²) < 4.78 is 4.46. The summed E-state index contributed by atoms with van der Waals surface area (Å²) in [6.45, 7) is 0. The van der Waals surface area contributed by atoms with E-state index in [0.717, 1.165) is 0 Å². The van der Waals surface area contributed by atoms with Crippen molar-refractivity contribution in [2.75, 3.05) is 7.11 Å². The van der Waals surface area contributed by atoms with E-state index in [1.165, 1.54) is 13.3 Å². The number of carbonyl (C=O) groups excluding carboxylic acids is 1. The first-order valence-electron chi connectivity index (χ1n) is 3.34. The van der Waals surface area contributed by atoms with Crippen LogP contribution in [0, 0.1) is 0 Å². The highest BCUT2D eigenvalue weighted by Gasteiger charge is 2.01. The minimum absolute atomic E-state index is 0. The van der Waals surface area contributed by atoms with Crippen LogP contribution in [-0.4, -0.2) is 35.8 Å². The Labute approximate surface area is 76.3 Å². The van der Waals surface area contributed by atoms with E-state index >= 15 is 0 Å². The molecule has 0 aliphatic rings. The van der Waals surface area contributed by atoms with Crippen molar-refractivity contribution in [3.63, 3.8) is 0 Å². The van der Waals surface area contributed by atoms with Crippen LogP contribution in [0.25, 0.3) is 0 Å². The molecule has 0 aliphatic carbocycles. The molecule has 0 aromatic carbocycles. The summed E-state index contributed by atoms with van der Waals surface area (Å²) in [5.74, 6) is -0.354. The van der Waals surface area contributed by atoms with Crippen molar-refractivity contribution in [1.29, 1.82) is 0 Å². The second kappa shape index (κ2) is 7.26. The second-order valence-electron chi connectivity index (χ2n) is 1.85. The lowest BCUT2D eigenvalue weighted by Crippen LogP contribution is -2.00. The van der Waals surface area contributed by atoms with Gasteiger partial charge < -0.3 is 14.8 Å². The van der Waals surface area contributed by atoms with E-state index in [1.54, 1.807) is 18.3 Å². The normalized spacial score (nSPS) is 7.92. The Hall–Kier alpha value is -1.40. The third-order valence-electron chi connectivity index (χ3n) is 1.08. The van der Waals surface area contributed by atoms with E-state index in [2.05, 4.69) is 9.72 Å². The lowest BCUT2D eigenvalue weighted by atomic mass is 10.3. The quantitative estimate of drug-likeness (QED) is 0.446. The van der Waals surface area contributed by atoms with Gasteiger partial charge in [0.15, 0.2) is 0 Å². The maximum Gasteiger partial charge on any atom is 0.482 e. The third kappa shape index (κ3) is 4.94. The Morgan fingerprint density at radius 3 is 2.62 bits per heavy atom. The fourth-order valence-electron chi connectivity index (χ4n) is 0.601. The van der Waals surface area contributed by atoms with Crippen LogP contribution in [0.5, 0.6) is 0 Å². The molecule has 1 radical (unpaired) electrons. The van der Waals surface area contributed by atoms with Crippen LogP contribution in [-0.2, 0) is 4.74 Å². The van der Waals surface area contributed by atoms with E-state index < -0.39 is 0 Å². The molecular weight excluding hydrogens is 173 g/mol. The zero-order chi connectivity index (χ0) is 10.1. The first-order chi connectivity index (χ1) is 6.26. The second-order valence-corrected chi connectivity index (χ2v) is 1.85. The standard InChI is InChI=1S/C7H7NO2.BH2O2/c1-10-7(9)6-3-2-4-8-5-6;2-1-3/h2-5H,1H3;2-3H. The Morgan fingerprint density at radius 1 is 1.62 bits per heavy atom. The van der Waals surface area contributed by atoms with Crippen LogP contribution in [0.2, 0.25) is 0 Å². The average molecular weight is 182 g/mol. The third-order valence-corrected chi connectivity index (χ3v) is 1.08. The largest absolute Gasteiger partial charge is 0.482 e. The summed E-state index contributed by atoms with van der Waals surface area (Å²) in [5.41, 5.74) is 0.477. The number of hydrogen-bond acceptors (Lipinski definition) is 5. The molecule has 6 heteroatoms. The van der Waals surface area contributed by atoms with Gasteiger partial charge in [-0.3, -0.25) is 4.98 Å². The predicted molar refractivity (Wildman–Crippen MR) is 45.8 cm³/mol. The number of esters is 1. The molecule has 0 unspecified atom stereocenters. The van der Waals surface area contributed by atoms with Gasteiger partial charge in [-0.25, -0.2) is 4.79 Å². The topological polar surface area (TPSA) is 79.7 Å². The Balaban J connectivity index is 0.000000424. The minimum Gasteiger partial charge on any atom is -0.465 e. The van der Waals surface area contributed by atoms with Crippen molar-refractivity contribution in [3.8, 4) is 0 Å². The molecule has 0 saturated carbocycles. The van der Waals surface area contributed by atoms with Crippen LogP contribution in [0.4, 0.5) is 0 Å². The van der Waals surface area contributed by atoms with Gasteiger partial charge in [0.05, 0.1) is 12.7 Å². The molecule has 1 aromatic heterocycles. The molecule has 0 fully saturated rings. The maximum absolute atomic E-state index is 10.8. The molecule has 1 aromatic rings. The van der Waals surface area contributed by atoms with Gasteiger partial charge in [0, 0.05) is 12.4 Å². The predicted octanol–water partition coefficient (Wildman–Crippen LogP) is -0.627. The van der Waals surface area contributed by atoms with Crippen molar-refractivity contribution < 1.29 is 19.6 Å². The number of methoxy groups -OCH3 is 1. The average Bonchev–Trinajstić information content (AvgIpc) is 2.19. The smallest absolute Gasteiger partial charge is 0.465 e. The molecular formula is C7H9BNO4. The van der Waals surface area contributed by atoms with Gasteiger partial charge in [0.25, 0.3) is 0 Å². The van der Waals surface area contributed by atoms with E-state index in [9.17, 15) is 4.79 Å². The van der Waals surface area contributed by atoms with Crippen molar-refractivity contribution in [3.05, 3.63) is 30.1 Å². The highest BCUT2D eigenvalue weighted by molar-refractivity contribution is 6.13. The molecule has 2 N–H and O–H groups in total. The molecule has 0 spiro atoms. The zero-order valence-electron chi connectivity index (χ0n) is 7.04. The minimum atomic E-state index is -0.354. The van der Waals surface area contributed by atoms with Gasteiger partial charge >= 0.3 is 13.7 Å². The first kappa shape index (κ1) is 11.6. The molecule has 0 amide bonds. The zero-order valence-corrected chi connectivity index (χ0v) is 7.04. The monoisotopic (exact) mass is 182 g/mol. The molecule has 1 heterocycles. The number of carbonyl (C=O) groups is 1. The maximum atomic E-state index is 10.8. The van der Waals surface area contributed by atoms with E-state index in [1.807, 2.05) is 0 Å². The number of pyridine rings is 1. The highest BCUT2D eigenvalue weighted by Crippen LogP contribution is 1.96. The van der Waals surface area contributed by atoms with E-state index in [4.69, 9.17) is 10.0 Å². The summed E-state index contributed by atoms with van der Waals surface area (Å²) in [7, 11) is 1.34. The van der Waals surface area contributed by atoms with Gasteiger partial charge in [0.2, 0.25) is 0 Å². The van der Waals surface area contributed by atoms with Crippen LogP contribution in [0.15, 0.2) is 24.5 Å². The molecule has 69 valence electrons. The molecule has 0 aliphatic heterocycles. The summed E-state index contributed by atoms with van der Waals surface area (Å²) >= 11 is 0.